The van der Waals surface area contributed by atoms with Crippen LogP contribution in [0.25, 0.3) is 10.2 Å². The Bertz CT molecular complexity index is 714. The Kier molecular flexibility index (Phi) is 7.03. The van der Waals surface area contributed by atoms with Gasteiger partial charge >= 0.3 is 0 Å². The first-order valence-electron chi connectivity index (χ1n) is 7.02. The van der Waals surface area contributed by atoms with Gasteiger partial charge in [-0.05, 0) is 11.4 Å². The number of hydrogen-bond acceptors (Lipinski definition) is 7. The number of ether oxygens (including phenoxy) is 2. The second-order valence-corrected chi connectivity index (χ2v) is 6.47. The molecule has 2 heterocycles. The predicted molar refractivity (Wildman–Crippen MR) is 91.4 cm³/mol. The number of methoxy groups -OCH3 is 2. The molecule has 0 radical (unpaired) electrons. The quantitative estimate of drug-likeness (QED) is 0.409. The minimum atomic E-state index is -0.120. The molecule has 0 unspecified atom stereocenters. The predicted octanol–water partition coefficient (Wildman–Crippen LogP) is 0.959. The van der Waals surface area contributed by atoms with Crippen LogP contribution in [0.2, 0.25) is 0 Å². The van der Waals surface area contributed by atoms with Gasteiger partial charge in [0.15, 0.2) is 5.16 Å². The second-order valence-electron chi connectivity index (χ2n) is 4.61. The lowest BCUT2D eigenvalue weighted by atomic mass is 10.4. The smallest absolute Gasteiger partial charge is 0.272 e. The van der Waals surface area contributed by atoms with Crippen molar-refractivity contribution in [1.29, 1.82) is 0 Å². The Balaban J connectivity index is 2.14. The summed E-state index contributed by atoms with van der Waals surface area (Å²) < 4.78 is 12.1. The molecule has 0 saturated heterocycles. The lowest BCUT2D eigenvalue weighted by Gasteiger charge is -2.11. The van der Waals surface area contributed by atoms with Crippen molar-refractivity contribution in [2.75, 3.05) is 39.7 Å². The van der Waals surface area contributed by atoms with Crippen LogP contribution in [0.1, 0.15) is 0 Å². The third-order valence-corrected chi connectivity index (χ3v) is 4.88. The first kappa shape index (κ1) is 17.9. The summed E-state index contributed by atoms with van der Waals surface area (Å²) in [4.78, 5) is 28.8. The maximum Gasteiger partial charge on any atom is 0.272 e. The third kappa shape index (κ3) is 4.77. The zero-order valence-corrected chi connectivity index (χ0v) is 14.7. The molecule has 2 rings (SSSR count). The summed E-state index contributed by atoms with van der Waals surface area (Å²) in [6.45, 7) is 1.74. The summed E-state index contributed by atoms with van der Waals surface area (Å²) in [5.41, 5.74) is 0.570. The molecule has 2 aromatic heterocycles. The molecule has 1 amide bonds. The summed E-state index contributed by atoms with van der Waals surface area (Å²) >= 11 is 2.61. The largest absolute Gasteiger partial charge is 0.383 e. The van der Waals surface area contributed by atoms with Gasteiger partial charge < -0.3 is 14.8 Å². The van der Waals surface area contributed by atoms with Gasteiger partial charge in [-0.1, -0.05) is 11.8 Å². The number of aromatic nitrogens is 2. The number of nitrogens with one attached hydrogen (secondary N) is 1. The molecule has 0 fully saturated rings. The fourth-order valence-corrected chi connectivity index (χ4v) is 3.52. The van der Waals surface area contributed by atoms with Crippen LogP contribution in [-0.2, 0) is 20.8 Å². The average molecular weight is 357 g/mol. The number of rotatable bonds is 9. The van der Waals surface area contributed by atoms with Crippen LogP contribution in [0.15, 0.2) is 21.4 Å². The van der Waals surface area contributed by atoms with Crippen LogP contribution in [0.3, 0.4) is 0 Å². The molecule has 0 bridgehead atoms. The fraction of sp³-hybridized carbons (Fsp3) is 0.500. The van der Waals surface area contributed by atoms with Crippen molar-refractivity contribution in [1.82, 2.24) is 14.9 Å². The number of carbonyl (C=O) groups is 1. The van der Waals surface area contributed by atoms with E-state index >= 15 is 0 Å². The SMILES string of the molecule is COCCNC(=O)CSc1nc2ccsc2c(=O)n1CCOC. The van der Waals surface area contributed by atoms with Gasteiger partial charge in [0.25, 0.3) is 5.56 Å². The highest BCUT2D eigenvalue weighted by molar-refractivity contribution is 7.99. The number of thioether (sulfide) groups is 1. The number of hydrogen-bond donors (Lipinski definition) is 1. The maximum absolute atomic E-state index is 12.5. The Morgan fingerprint density at radius 2 is 2.17 bits per heavy atom. The van der Waals surface area contributed by atoms with Crippen molar-refractivity contribution in [3.63, 3.8) is 0 Å². The van der Waals surface area contributed by atoms with Crippen molar-refractivity contribution in [2.24, 2.45) is 0 Å². The minimum Gasteiger partial charge on any atom is -0.383 e. The molecule has 23 heavy (non-hydrogen) atoms. The van der Waals surface area contributed by atoms with E-state index in [1.165, 1.54) is 23.1 Å². The van der Waals surface area contributed by atoms with Crippen LogP contribution in [0.5, 0.6) is 0 Å². The monoisotopic (exact) mass is 357 g/mol. The summed E-state index contributed by atoms with van der Waals surface area (Å²) in [5.74, 6) is 0.0729. The molecular weight excluding hydrogens is 338 g/mol. The molecule has 0 aromatic carbocycles. The first-order chi connectivity index (χ1) is 11.2. The highest BCUT2D eigenvalue weighted by atomic mass is 32.2. The molecule has 1 N–H and O–H groups in total. The van der Waals surface area contributed by atoms with Gasteiger partial charge in [-0.2, -0.15) is 0 Å². The van der Waals surface area contributed by atoms with Gasteiger partial charge in [0.1, 0.15) is 4.70 Å². The lowest BCUT2D eigenvalue weighted by molar-refractivity contribution is -0.118. The molecule has 126 valence electrons. The van der Waals surface area contributed by atoms with E-state index in [2.05, 4.69) is 10.3 Å². The van der Waals surface area contributed by atoms with E-state index in [9.17, 15) is 9.59 Å². The fourth-order valence-electron chi connectivity index (χ4n) is 1.89. The zero-order valence-electron chi connectivity index (χ0n) is 13.0. The molecule has 0 spiro atoms. The van der Waals surface area contributed by atoms with Crippen molar-refractivity contribution in [2.45, 2.75) is 11.7 Å². The van der Waals surface area contributed by atoms with Gasteiger partial charge in [-0.25, -0.2) is 4.98 Å². The molecule has 9 heteroatoms. The second kappa shape index (κ2) is 9.02. The van der Waals surface area contributed by atoms with Crippen LogP contribution in [0, 0.1) is 0 Å². The normalized spacial score (nSPS) is 11.0. The van der Waals surface area contributed by atoms with Gasteiger partial charge in [0.05, 0.1) is 31.0 Å². The summed E-state index contributed by atoms with van der Waals surface area (Å²) in [7, 11) is 3.16. The molecule has 0 aliphatic carbocycles. The van der Waals surface area contributed by atoms with Gasteiger partial charge in [0, 0.05) is 20.8 Å². The van der Waals surface area contributed by atoms with Gasteiger partial charge in [-0.15, -0.1) is 11.3 Å². The van der Waals surface area contributed by atoms with Crippen molar-refractivity contribution in [3.8, 4) is 0 Å². The average Bonchev–Trinajstić information content (AvgIpc) is 3.01. The van der Waals surface area contributed by atoms with Gasteiger partial charge in [0.2, 0.25) is 5.91 Å². The highest BCUT2D eigenvalue weighted by Gasteiger charge is 2.13. The molecule has 2 aromatic rings. The van der Waals surface area contributed by atoms with Crippen molar-refractivity contribution >= 4 is 39.2 Å². The topological polar surface area (TPSA) is 82.5 Å². The van der Waals surface area contributed by atoms with E-state index in [0.29, 0.717) is 41.7 Å². The van der Waals surface area contributed by atoms with E-state index in [4.69, 9.17) is 9.47 Å². The van der Waals surface area contributed by atoms with Crippen LogP contribution < -0.4 is 10.9 Å². The molecular formula is C14H19N3O4S2. The van der Waals surface area contributed by atoms with E-state index < -0.39 is 0 Å². The number of carbonyl (C=O) groups excluding carboxylic acids is 1. The van der Waals surface area contributed by atoms with Crippen molar-refractivity contribution < 1.29 is 14.3 Å². The van der Waals surface area contributed by atoms with E-state index in [0.717, 1.165) is 0 Å². The summed E-state index contributed by atoms with van der Waals surface area (Å²) in [6, 6.07) is 1.81. The van der Waals surface area contributed by atoms with E-state index in [1.54, 1.807) is 18.8 Å². The Morgan fingerprint density at radius 1 is 1.39 bits per heavy atom. The summed E-state index contributed by atoms with van der Waals surface area (Å²) in [5, 5.41) is 5.11. The number of nitrogens with zero attached hydrogens (tertiary/aromatic N) is 2. The van der Waals surface area contributed by atoms with E-state index in [1.807, 2.05) is 11.4 Å². The van der Waals surface area contributed by atoms with Crippen LogP contribution in [0.4, 0.5) is 0 Å². The minimum absolute atomic E-state index is 0.0932. The number of amides is 1. The summed E-state index contributed by atoms with van der Waals surface area (Å²) in [6.07, 6.45) is 0. The molecule has 0 atom stereocenters. The molecule has 7 nitrogen and oxygen atoms in total. The lowest BCUT2D eigenvalue weighted by Crippen LogP contribution is -2.29. The Hall–Kier alpha value is -1.42. The standard InChI is InChI=1S/C14H19N3O4S2/c1-20-6-4-15-11(18)9-23-14-16-10-3-8-22-12(10)13(19)17(14)5-7-21-2/h3,8H,4-7,9H2,1-2H3,(H,15,18). The number of fused-ring (bicyclic) bond motifs is 1. The molecule has 0 aliphatic rings. The van der Waals surface area contributed by atoms with Crippen molar-refractivity contribution in [3.05, 3.63) is 21.8 Å². The van der Waals surface area contributed by atoms with Crippen LogP contribution in [-0.4, -0.2) is 55.2 Å². The molecule has 0 saturated carbocycles. The third-order valence-electron chi connectivity index (χ3n) is 3.01. The van der Waals surface area contributed by atoms with E-state index in [-0.39, 0.29) is 17.2 Å². The Labute approximate surface area is 142 Å². The van der Waals surface area contributed by atoms with Crippen LogP contribution >= 0.6 is 23.1 Å². The zero-order chi connectivity index (χ0) is 16.7. The maximum atomic E-state index is 12.5. The highest BCUT2D eigenvalue weighted by Crippen LogP contribution is 2.20. The first-order valence-corrected chi connectivity index (χ1v) is 8.89. The molecule has 0 aliphatic heterocycles. The van der Waals surface area contributed by atoms with Gasteiger partial charge in [-0.3, -0.25) is 14.2 Å². The number of thiophene rings is 1. The Morgan fingerprint density at radius 3 is 2.91 bits per heavy atom.